The zero-order valence-corrected chi connectivity index (χ0v) is 25.2. The Morgan fingerprint density at radius 1 is 0.953 bits per heavy atom. The standard InChI is InChI=1S/C34H42N2O7/c1-22(2)19-30-34(41)42-29(23(3)13-14-25-9-6-5-7-10-25)11-8-12-31(38)36-28(20-26-15-17-27(37)18-16-26)32(39)35-21-24(4)33(40)43-30/h5-10,12-18,22-24,28-30,37H,11,19-21H2,1-4H3,(H,35,39)(H,36,38)/b12-8+,14-13+/t23-,24-,28-,29+,30+/m1/s1. The highest BCUT2D eigenvalue weighted by molar-refractivity contribution is 5.93. The molecule has 0 bridgehead atoms. The van der Waals surface area contributed by atoms with Crippen molar-refractivity contribution < 1.29 is 33.8 Å². The van der Waals surface area contributed by atoms with Crippen molar-refractivity contribution in [2.24, 2.45) is 17.8 Å². The van der Waals surface area contributed by atoms with Crippen LogP contribution in [0.25, 0.3) is 6.08 Å². The molecule has 0 aliphatic carbocycles. The van der Waals surface area contributed by atoms with Gasteiger partial charge in [-0.25, -0.2) is 4.79 Å². The third-order valence-electron chi connectivity index (χ3n) is 7.08. The molecular formula is C34H42N2O7. The van der Waals surface area contributed by atoms with Crippen molar-refractivity contribution in [3.8, 4) is 5.75 Å². The molecule has 0 saturated carbocycles. The van der Waals surface area contributed by atoms with Crippen LogP contribution >= 0.6 is 0 Å². The highest BCUT2D eigenvalue weighted by atomic mass is 16.6. The number of amides is 2. The number of ether oxygens (including phenoxy) is 2. The van der Waals surface area contributed by atoms with Crippen molar-refractivity contribution in [2.75, 3.05) is 6.54 Å². The first-order valence-corrected chi connectivity index (χ1v) is 14.7. The summed E-state index contributed by atoms with van der Waals surface area (Å²) in [7, 11) is 0. The number of nitrogens with one attached hydrogen (secondary N) is 2. The second kappa shape index (κ2) is 16.3. The number of carbonyl (C=O) groups excluding carboxylic acids is 4. The fraction of sp³-hybridized carbons (Fsp3) is 0.412. The summed E-state index contributed by atoms with van der Waals surface area (Å²) in [6.45, 7) is 7.29. The van der Waals surface area contributed by atoms with Gasteiger partial charge in [0.25, 0.3) is 0 Å². The Morgan fingerprint density at radius 2 is 1.65 bits per heavy atom. The maximum atomic E-state index is 13.3. The van der Waals surface area contributed by atoms with Crippen LogP contribution in [0, 0.1) is 17.8 Å². The smallest absolute Gasteiger partial charge is 0.347 e. The Hall–Kier alpha value is -4.40. The molecule has 0 unspecified atom stereocenters. The van der Waals surface area contributed by atoms with Gasteiger partial charge in [0, 0.05) is 25.3 Å². The van der Waals surface area contributed by atoms with E-state index in [1.807, 2.05) is 63.3 Å². The molecule has 3 rings (SSSR count). The molecule has 2 amide bonds. The van der Waals surface area contributed by atoms with Crippen molar-refractivity contribution in [1.29, 1.82) is 0 Å². The Labute approximate surface area is 253 Å². The van der Waals surface area contributed by atoms with Crippen LogP contribution in [-0.2, 0) is 35.1 Å². The largest absolute Gasteiger partial charge is 0.508 e. The van der Waals surface area contributed by atoms with Gasteiger partial charge in [-0.05, 0) is 41.7 Å². The molecule has 9 nitrogen and oxygen atoms in total. The van der Waals surface area contributed by atoms with Crippen LogP contribution in [0.3, 0.4) is 0 Å². The third-order valence-corrected chi connectivity index (χ3v) is 7.08. The first-order valence-electron chi connectivity index (χ1n) is 14.7. The molecule has 9 heteroatoms. The Morgan fingerprint density at radius 3 is 2.33 bits per heavy atom. The maximum absolute atomic E-state index is 13.3. The van der Waals surface area contributed by atoms with Crippen LogP contribution in [-0.4, -0.2) is 53.7 Å². The second-order valence-electron chi connectivity index (χ2n) is 11.4. The summed E-state index contributed by atoms with van der Waals surface area (Å²) in [6, 6.07) is 15.1. The number of aromatic hydroxyl groups is 1. The Bertz CT molecular complexity index is 1290. The average Bonchev–Trinajstić information content (AvgIpc) is 2.98. The maximum Gasteiger partial charge on any atom is 0.347 e. The number of cyclic esters (lactones) is 2. The summed E-state index contributed by atoms with van der Waals surface area (Å²) >= 11 is 0. The van der Waals surface area contributed by atoms with E-state index in [0.29, 0.717) is 0 Å². The number of rotatable bonds is 7. The molecule has 1 heterocycles. The van der Waals surface area contributed by atoms with E-state index < -0.39 is 47.9 Å². The van der Waals surface area contributed by atoms with Gasteiger partial charge in [0.1, 0.15) is 17.9 Å². The highest BCUT2D eigenvalue weighted by Crippen LogP contribution is 2.20. The number of carbonyl (C=O) groups is 4. The van der Waals surface area contributed by atoms with Gasteiger partial charge >= 0.3 is 11.9 Å². The van der Waals surface area contributed by atoms with Crippen LogP contribution < -0.4 is 10.6 Å². The van der Waals surface area contributed by atoms with Crippen LogP contribution in [0.4, 0.5) is 0 Å². The normalized spacial score (nSPS) is 24.1. The summed E-state index contributed by atoms with van der Waals surface area (Å²) in [5.41, 5.74) is 1.72. The number of benzene rings is 2. The van der Waals surface area contributed by atoms with E-state index in [2.05, 4.69) is 10.6 Å². The number of phenols is 1. The van der Waals surface area contributed by atoms with E-state index in [1.165, 1.54) is 18.2 Å². The first-order chi connectivity index (χ1) is 20.5. The number of hydrogen-bond donors (Lipinski definition) is 3. The molecule has 0 spiro atoms. The van der Waals surface area contributed by atoms with Crippen LogP contribution in [0.5, 0.6) is 5.75 Å². The minimum Gasteiger partial charge on any atom is -0.508 e. The lowest BCUT2D eigenvalue weighted by molar-refractivity contribution is -0.175. The molecule has 2 aromatic rings. The van der Waals surface area contributed by atoms with Gasteiger partial charge in [-0.1, -0.05) is 88.4 Å². The number of phenolic OH excluding ortho intramolecular Hbond substituents is 1. The van der Waals surface area contributed by atoms with Crippen molar-refractivity contribution in [3.05, 3.63) is 84.0 Å². The summed E-state index contributed by atoms with van der Waals surface area (Å²) in [5, 5.41) is 15.0. The van der Waals surface area contributed by atoms with Crippen molar-refractivity contribution in [2.45, 2.75) is 65.2 Å². The lowest BCUT2D eigenvalue weighted by atomic mass is 9.99. The molecule has 3 N–H and O–H groups in total. The molecule has 0 aromatic heterocycles. The van der Waals surface area contributed by atoms with Gasteiger partial charge in [0.05, 0.1) is 5.92 Å². The molecule has 0 saturated heterocycles. The van der Waals surface area contributed by atoms with E-state index in [9.17, 15) is 24.3 Å². The van der Waals surface area contributed by atoms with E-state index in [-0.39, 0.29) is 43.4 Å². The predicted molar refractivity (Wildman–Crippen MR) is 164 cm³/mol. The monoisotopic (exact) mass is 590 g/mol. The first kappa shape index (κ1) is 33.1. The average molecular weight is 591 g/mol. The molecule has 2 aromatic carbocycles. The summed E-state index contributed by atoms with van der Waals surface area (Å²) in [6.07, 6.45) is 5.70. The molecule has 1 aliphatic heterocycles. The van der Waals surface area contributed by atoms with Gasteiger partial charge in [0.15, 0.2) is 6.10 Å². The minimum atomic E-state index is -1.11. The molecular weight excluding hydrogens is 548 g/mol. The van der Waals surface area contributed by atoms with Gasteiger partial charge < -0.3 is 25.2 Å². The number of hydrogen-bond acceptors (Lipinski definition) is 7. The van der Waals surface area contributed by atoms with Gasteiger partial charge in [-0.2, -0.15) is 0 Å². The van der Waals surface area contributed by atoms with E-state index >= 15 is 0 Å². The fourth-order valence-electron chi connectivity index (χ4n) is 4.49. The molecule has 43 heavy (non-hydrogen) atoms. The van der Waals surface area contributed by atoms with Gasteiger partial charge in [0.2, 0.25) is 11.8 Å². The summed E-state index contributed by atoms with van der Waals surface area (Å²) < 4.78 is 11.6. The fourth-order valence-corrected chi connectivity index (χ4v) is 4.49. The van der Waals surface area contributed by atoms with E-state index in [1.54, 1.807) is 25.1 Å². The highest BCUT2D eigenvalue weighted by Gasteiger charge is 2.31. The van der Waals surface area contributed by atoms with E-state index in [4.69, 9.17) is 9.47 Å². The zero-order chi connectivity index (χ0) is 31.4. The van der Waals surface area contributed by atoms with Crippen LogP contribution in [0.15, 0.2) is 72.8 Å². The minimum absolute atomic E-state index is 0.0454. The Kier molecular flexibility index (Phi) is 12.5. The van der Waals surface area contributed by atoms with Gasteiger partial charge in [-0.3, -0.25) is 14.4 Å². The van der Waals surface area contributed by atoms with Crippen molar-refractivity contribution >= 4 is 29.8 Å². The SMILES string of the molecule is CC(C)C[C@@H]1OC(=O)[C@H](C)CNC(=O)[C@@H](Cc2ccc(O)cc2)NC(=O)/C=C/C[C@@H]([C@H](C)/C=C/c2ccccc2)OC1=O. The lowest BCUT2D eigenvalue weighted by Crippen LogP contribution is -2.49. The molecule has 1 aliphatic rings. The Balaban J connectivity index is 1.88. The van der Waals surface area contributed by atoms with Crippen molar-refractivity contribution in [1.82, 2.24) is 10.6 Å². The van der Waals surface area contributed by atoms with Crippen LogP contribution in [0.2, 0.25) is 0 Å². The molecule has 5 atom stereocenters. The third kappa shape index (κ3) is 11.1. The molecule has 0 radical (unpaired) electrons. The topological polar surface area (TPSA) is 131 Å². The lowest BCUT2D eigenvalue weighted by Gasteiger charge is -2.26. The van der Waals surface area contributed by atoms with Gasteiger partial charge in [-0.15, -0.1) is 0 Å². The number of esters is 2. The van der Waals surface area contributed by atoms with E-state index in [0.717, 1.165) is 11.1 Å². The molecule has 0 fully saturated rings. The quantitative estimate of drug-likeness (QED) is 0.409. The van der Waals surface area contributed by atoms with Crippen LogP contribution in [0.1, 0.15) is 51.7 Å². The second-order valence-corrected chi connectivity index (χ2v) is 11.4. The van der Waals surface area contributed by atoms with Crippen molar-refractivity contribution in [3.63, 3.8) is 0 Å². The molecule has 230 valence electrons. The zero-order valence-electron chi connectivity index (χ0n) is 25.2. The summed E-state index contributed by atoms with van der Waals surface area (Å²) in [5.74, 6) is -3.12. The predicted octanol–water partition coefficient (Wildman–Crippen LogP) is 4.35. The summed E-state index contributed by atoms with van der Waals surface area (Å²) in [4.78, 5) is 52.3.